The lowest BCUT2D eigenvalue weighted by molar-refractivity contribution is -0.143. The van der Waals surface area contributed by atoms with E-state index in [9.17, 15) is 9.90 Å². The van der Waals surface area contributed by atoms with Crippen LogP contribution in [0.5, 0.6) is 0 Å². The van der Waals surface area contributed by atoms with Crippen LogP contribution in [0.4, 0.5) is 0 Å². The van der Waals surface area contributed by atoms with E-state index in [-0.39, 0.29) is 11.0 Å². The highest BCUT2D eigenvalue weighted by atomic mass is 28.3. The van der Waals surface area contributed by atoms with Gasteiger partial charge < -0.3 is 9.84 Å². The third-order valence-electron chi connectivity index (χ3n) is 4.62. The van der Waals surface area contributed by atoms with E-state index < -0.39 is 19.7 Å². The van der Waals surface area contributed by atoms with Gasteiger partial charge in [-0.3, -0.25) is 4.79 Å². The van der Waals surface area contributed by atoms with Crippen LogP contribution in [0.1, 0.15) is 32.4 Å². The fraction of sp³-hybridized carbons (Fsp3) is 0.562. The monoisotopic (exact) mass is 294 g/mol. The van der Waals surface area contributed by atoms with Crippen molar-refractivity contribution in [2.45, 2.75) is 50.5 Å². The van der Waals surface area contributed by atoms with Gasteiger partial charge in [0.05, 0.1) is 26.8 Å². The largest absolute Gasteiger partial charge is 0.469 e. The Balaban J connectivity index is 3.24. The summed E-state index contributed by atoms with van der Waals surface area (Å²) >= 11 is 0. The second kappa shape index (κ2) is 6.10. The average molecular weight is 294 g/mol. The SMILES string of the molecule is COC(=O)C(C(O)c1ccccc1)[Si](C)(C)C(C)(C)C. The van der Waals surface area contributed by atoms with Gasteiger partial charge in [0, 0.05) is 0 Å². The number of hydrogen-bond donors (Lipinski definition) is 1. The molecule has 4 heteroatoms. The summed E-state index contributed by atoms with van der Waals surface area (Å²) in [7, 11) is -0.700. The van der Waals surface area contributed by atoms with Gasteiger partial charge in [0.2, 0.25) is 0 Å². The van der Waals surface area contributed by atoms with E-state index in [4.69, 9.17) is 4.74 Å². The average Bonchev–Trinajstić information content (AvgIpc) is 2.38. The molecule has 0 heterocycles. The molecule has 2 unspecified atom stereocenters. The topological polar surface area (TPSA) is 46.5 Å². The third kappa shape index (κ3) is 3.30. The number of ether oxygens (including phenoxy) is 1. The Morgan fingerprint density at radius 2 is 1.70 bits per heavy atom. The van der Waals surface area contributed by atoms with Crippen LogP contribution in [0.3, 0.4) is 0 Å². The van der Waals surface area contributed by atoms with Crippen LogP contribution in [-0.2, 0) is 9.53 Å². The number of aliphatic hydroxyl groups excluding tert-OH is 1. The van der Waals surface area contributed by atoms with Gasteiger partial charge in [-0.1, -0.05) is 64.2 Å². The van der Waals surface area contributed by atoms with E-state index in [0.717, 1.165) is 5.56 Å². The minimum Gasteiger partial charge on any atom is -0.469 e. The molecule has 0 radical (unpaired) electrons. The molecule has 0 bridgehead atoms. The van der Waals surface area contributed by atoms with E-state index >= 15 is 0 Å². The van der Waals surface area contributed by atoms with E-state index in [1.807, 2.05) is 30.3 Å². The summed E-state index contributed by atoms with van der Waals surface area (Å²) in [6, 6.07) is 9.36. The first-order valence-corrected chi connectivity index (χ1v) is 10.0. The minimum atomic E-state index is -2.09. The zero-order valence-electron chi connectivity index (χ0n) is 13.3. The van der Waals surface area contributed by atoms with Crippen molar-refractivity contribution in [3.05, 3.63) is 35.9 Å². The highest BCUT2D eigenvalue weighted by Crippen LogP contribution is 2.48. The second-order valence-electron chi connectivity index (χ2n) is 6.83. The van der Waals surface area contributed by atoms with E-state index in [2.05, 4.69) is 33.9 Å². The highest BCUT2D eigenvalue weighted by Gasteiger charge is 2.49. The number of rotatable bonds is 4. The molecule has 0 fully saturated rings. The lowest BCUT2D eigenvalue weighted by atomic mass is 10.1. The molecule has 0 spiro atoms. The highest BCUT2D eigenvalue weighted by molar-refractivity contribution is 6.84. The summed E-state index contributed by atoms with van der Waals surface area (Å²) in [5.74, 6) is -0.312. The first-order chi connectivity index (χ1) is 9.13. The molecule has 1 aromatic rings. The Morgan fingerprint density at radius 1 is 1.20 bits per heavy atom. The molecule has 0 aliphatic carbocycles. The van der Waals surface area contributed by atoms with Crippen molar-refractivity contribution < 1.29 is 14.6 Å². The maximum absolute atomic E-state index is 12.3. The predicted molar refractivity (Wildman–Crippen MR) is 84.4 cm³/mol. The molecule has 0 amide bonds. The van der Waals surface area contributed by atoms with Gasteiger partial charge in [0.1, 0.15) is 0 Å². The molecule has 1 rings (SSSR count). The van der Waals surface area contributed by atoms with Crippen molar-refractivity contribution in [2.75, 3.05) is 7.11 Å². The van der Waals surface area contributed by atoms with Gasteiger partial charge in [-0.15, -0.1) is 0 Å². The summed E-state index contributed by atoms with van der Waals surface area (Å²) in [6.45, 7) is 10.7. The maximum Gasteiger partial charge on any atom is 0.308 e. The number of methoxy groups -OCH3 is 1. The van der Waals surface area contributed by atoms with Gasteiger partial charge in [0.25, 0.3) is 0 Å². The van der Waals surface area contributed by atoms with Crippen LogP contribution >= 0.6 is 0 Å². The van der Waals surface area contributed by atoms with Gasteiger partial charge >= 0.3 is 5.97 Å². The quantitative estimate of drug-likeness (QED) is 0.679. The normalized spacial score (nSPS) is 15.6. The van der Waals surface area contributed by atoms with Gasteiger partial charge in [-0.25, -0.2) is 0 Å². The third-order valence-corrected chi connectivity index (χ3v) is 10.6. The summed E-state index contributed by atoms with van der Waals surface area (Å²) in [5.41, 5.74) is 0.294. The van der Waals surface area contributed by atoms with Gasteiger partial charge in [-0.2, -0.15) is 0 Å². The first-order valence-electron chi connectivity index (χ1n) is 6.93. The Labute approximate surface area is 123 Å². The summed E-state index contributed by atoms with van der Waals surface area (Å²) in [5, 5.41) is 10.7. The Bertz CT molecular complexity index is 449. The molecular formula is C16H26O3Si. The van der Waals surface area contributed by atoms with Crippen LogP contribution in [-0.4, -0.2) is 26.3 Å². The zero-order valence-corrected chi connectivity index (χ0v) is 14.3. The van der Waals surface area contributed by atoms with Crippen molar-refractivity contribution in [1.29, 1.82) is 0 Å². The fourth-order valence-electron chi connectivity index (χ4n) is 2.25. The van der Waals surface area contributed by atoms with Crippen LogP contribution in [0.15, 0.2) is 30.3 Å². The summed E-state index contributed by atoms with van der Waals surface area (Å²) < 4.78 is 4.97. The Kier molecular flexibility index (Phi) is 5.16. The zero-order chi connectivity index (χ0) is 15.6. The van der Waals surface area contributed by atoms with Crippen molar-refractivity contribution in [3.63, 3.8) is 0 Å². The van der Waals surface area contributed by atoms with E-state index in [1.165, 1.54) is 7.11 Å². The second-order valence-corrected chi connectivity index (χ2v) is 12.4. The van der Waals surface area contributed by atoms with Crippen LogP contribution in [0, 0.1) is 0 Å². The summed E-state index contributed by atoms with van der Waals surface area (Å²) in [4.78, 5) is 12.3. The number of esters is 1. The van der Waals surface area contributed by atoms with Crippen molar-refractivity contribution in [2.24, 2.45) is 0 Å². The van der Waals surface area contributed by atoms with Crippen LogP contribution in [0.25, 0.3) is 0 Å². The molecule has 2 atom stereocenters. The van der Waals surface area contributed by atoms with Gasteiger partial charge in [0.15, 0.2) is 0 Å². The maximum atomic E-state index is 12.3. The van der Waals surface area contributed by atoms with Crippen LogP contribution in [0.2, 0.25) is 23.7 Å². The Hall–Kier alpha value is -1.13. The number of carbonyl (C=O) groups is 1. The standard InChI is InChI=1S/C16H26O3Si/c1-16(2,3)20(5,6)14(15(18)19-4)13(17)12-10-8-7-9-11-12/h7-11,13-14,17H,1-6H3. The fourth-order valence-corrected chi connectivity index (χ4v) is 4.88. The summed E-state index contributed by atoms with van der Waals surface area (Å²) in [6.07, 6.45) is -0.815. The Morgan fingerprint density at radius 3 is 2.10 bits per heavy atom. The van der Waals surface area contributed by atoms with Crippen molar-refractivity contribution in [1.82, 2.24) is 0 Å². The molecule has 0 aliphatic rings. The first kappa shape index (κ1) is 16.9. The van der Waals surface area contributed by atoms with E-state index in [1.54, 1.807) is 0 Å². The van der Waals surface area contributed by atoms with Crippen LogP contribution < -0.4 is 0 Å². The molecule has 1 aromatic carbocycles. The van der Waals surface area contributed by atoms with Crippen molar-refractivity contribution >= 4 is 14.0 Å². The van der Waals surface area contributed by atoms with Crippen molar-refractivity contribution in [3.8, 4) is 0 Å². The number of aliphatic hydroxyl groups is 1. The molecule has 1 N–H and O–H groups in total. The molecular weight excluding hydrogens is 268 g/mol. The lowest BCUT2D eigenvalue weighted by Gasteiger charge is -2.43. The molecule has 20 heavy (non-hydrogen) atoms. The molecule has 0 saturated heterocycles. The lowest BCUT2D eigenvalue weighted by Crippen LogP contribution is -2.48. The van der Waals surface area contributed by atoms with Gasteiger partial charge in [-0.05, 0) is 10.6 Å². The smallest absolute Gasteiger partial charge is 0.308 e. The predicted octanol–water partition coefficient (Wildman–Crippen LogP) is 3.77. The molecule has 112 valence electrons. The minimum absolute atomic E-state index is 0.0123. The van der Waals surface area contributed by atoms with E-state index in [0.29, 0.717) is 0 Å². The number of carbonyl (C=O) groups excluding carboxylic acids is 1. The molecule has 3 nitrogen and oxygen atoms in total. The number of benzene rings is 1. The molecule has 0 saturated carbocycles. The molecule has 0 aromatic heterocycles. The molecule has 0 aliphatic heterocycles. The number of hydrogen-bond acceptors (Lipinski definition) is 3.